The number of hydrogen-bond acceptors (Lipinski definition) is 7. The molecule has 0 bridgehead atoms. The van der Waals surface area contributed by atoms with E-state index < -0.39 is 28.9 Å². The zero-order chi connectivity index (χ0) is 42.6. The smallest absolute Gasteiger partial charge is 0.481 e. The van der Waals surface area contributed by atoms with Gasteiger partial charge in [0.2, 0.25) is 0 Å². The van der Waals surface area contributed by atoms with Gasteiger partial charge in [0.25, 0.3) is 0 Å². The highest BCUT2D eigenvalue weighted by atomic mass is 16.7. The molecule has 57 heavy (non-hydrogen) atoms. The summed E-state index contributed by atoms with van der Waals surface area (Å²) in [4.78, 5) is 42.9. The first kappa shape index (κ1) is 55.1. The molecule has 0 saturated heterocycles. The lowest BCUT2D eigenvalue weighted by Gasteiger charge is -2.30. The first-order valence-corrected chi connectivity index (χ1v) is 24.3. The molecule has 0 saturated carbocycles. The molecule has 0 unspecified atom stereocenters. The highest BCUT2D eigenvalue weighted by molar-refractivity contribution is 5.75. The Bertz CT molecular complexity index is 898. The fourth-order valence-electron chi connectivity index (χ4n) is 8.56. The van der Waals surface area contributed by atoms with Crippen LogP contribution in [0.1, 0.15) is 228 Å². The summed E-state index contributed by atoms with van der Waals surface area (Å²) in [5, 5.41) is 20.7. The van der Waals surface area contributed by atoms with Crippen molar-refractivity contribution in [3.05, 3.63) is 0 Å². The maximum Gasteiger partial charge on any atom is 0.508 e. The molecule has 0 spiro atoms. The van der Waals surface area contributed by atoms with Crippen LogP contribution in [0.2, 0.25) is 0 Å². The number of aliphatic carboxylic acids is 2. The second-order valence-electron chi connectivity index (χ2n) is 17.2. The van der Waals surface area contributed by atoms with Crippen molar-refractivity contribution in [3.8, 4) is 0 Å². The molecule has 0 amide bonds. The fourth-order valence-corrected chi connectivity index (χ4v) is 8.56. The minimum absolute atomic E-state index is 0.218. The number of rotatable bonds is 42. The lowest BCUT2D eigenvalue weighted by Crippen LogP contribution is -2.37. The topological polar surface area (TPSA) is 117 Å². The van der Waals surface area contributed by atoms with Gasteiger partial charge in [-0.2, -0.15) is 0 Å². The van der Waals surface area contributed by atoms with Crippen molar-refractivity contribution in [1.29, 1.82) is 0 Å². The van der Waals surface area contributed by atoms with E-state index >= 15 is 0 Å². The second kappa shape index (κ2) is 36.0. The van der Waals surface area contributed by atoms with Crippen molar-refractivity contribution in [2.24, 2.45) is 10.8 Å². The average Bonchev–Trinajstić information content (AvgIpc) is 3.19. The van der Waals surface area contributed by atoms with Gasteiger partial charge in [-0.1, -0.05) is 164 Å². The Morgan fingerprint density at radius 3 is 1.12 bits per heavy atom. The molecule has 0 aromatic carbocycles. The molecule has 0 aliphatic rings. The van der Waals surface area contributed by atoms with E-state index in [1.54, 1.807) is 0 Å². The van der Waals surface area contributed by atoms with Gasteiger partial charge in [-0.15, -0.1) is 0 Å². The van der Waals surface area contributed by atoms with E-state index in [1.807, 2.05) is 0 Å². The lowest BCUT2D eigenvalue weighted by molar-refractivity contribution is -0.151. The molecule has 0 aromatic rings. The zero-order valence-corrected chi connectivity index (χ0v) is 38.7. The van der Waals surface area contributed by atoms with Crippen LogP contribution in [0.5, 0.6) is 0 Å². The van der Waals surface area contributed by atoms with Crippen molar-refractivity contribution in [2.45, 2.75) is 234 Å². The molecule has 0 fully saturated rings. The number of nitrogens with zero attached hydrogens (tertiary/aromatic N) is 2. The Morgan fingerprint density at radius 1 is 0.456 bits per heavy atom. The molecule has 9 heteroatoms. The molecule has 0 radical (unpaired) electrons. The van der Waals surface area contributed by atoms with Gasteiger partial charge in [0.1, 0.15) is 12.7 Å². The van der Waals surface area contributed by atoms with Crippen LogP contribution in [0.25, 0.3) is 0 Å². The van der Waals surface area contributed by atoms with Crippen LogP contribution < -0.4 is 0 Å². The molecule has 338 valence electrons. The van der Waals surface area contributed by atoms with Crippen molar-refractivity contribution in [2.75, 3.05) is 45.9 Å². The summed E-state index contributed by atoms with van der Waals surface area (Å²) in [6.07, 6.45) is 25.6. The van der Waals surface area contributed by atoms with E-state index in [0.29, 0.717) is 13.2 Å². The van der Waals surface area contributed by atoms with Crippen LogP contribution in [0, 0.1) is 10.8 Å². The van der Waals surface area contributed by atoms with Gasteiger partial charge < -0.3 is 24.6 Å². The number of carbonyl (C=O) groups is 3. The molecule has 0 heterocycles. The zero-order valence-electron chi connectivity index (χ0n) is 38.7. The number of carbonyl (C=O) groups excluding carboxylic acids is 1. The van der Waals surface area contributed by atoms with Crippen LogP contribution in [-0.2, 0) is 19.1 Å². The van der Waals surface area contributed by atoms with Gasteiger partial charge in [0, 0.05) is 19.6 Å². The van der Waals surface area contributed by atoms with Crippen molar-refractivity contribution in [3.63, 3.8) is 0 Å². The SMILES string of the molecule is CCCCCC(CCCCC)(CCCCCCC(CCCCCCC(CCCCC)(CCCCC)C(=O)O)OC(=O)OCCN(CC)CCN(CC)CC)C(=O)O. The minimum atomic E-state index is -0.616. The molecular formula is C48H94N2O7. The molecule has 0 aliphatic heterocycles. The molecule has 0 atom stereocenters. The quantitative estimate of drug-likeness (QED) is 0.0459. The van der Waals surface area contributed by atoms with Crippen LogP contribution in [0.4, 0.5) is 4.79 Å². The van der Waals surface area contributed by atoms with E-state index in [2.05, 4.69) is 58.3 Å². The van der Waals surface area contributed by atoms with E-state index in [-0.39, 0.29) is 6.10 Å². The van der Waals surface area contributed by atoms with Crippen LogP contribution in [0.3, 0.4) is 0 Å². The fraction of sp³-hybridized carbons (Fsp3) is 0.938. The highest BCUT2D eigenvalue weighted by Gasteiger charge is 2.37. The summed E-state index contributed by atoms with van der Waals surface area (Å²) < 4.78 is 11.6. The van der Waals surface area contributed by atoms with E-state index in [0.717, 1.165) is 213 Å². The molecule has 0 aromatic heterocycles. The Morgan fingerprint density at radius 2 is 0.789 bits per heavy atom. The third-order valence-corrected chi connectivity index (χ3v) is 12.8. The van der Waals surface area contributed by atoms with E-state index in [1.165, 1.54) is 0 Å². The summed E-state index contributed by atoms with van der Waals surface area (Å²) in [5.41, 5.74) is -1.21. The second-order valence-corrected chi connectivity index (χ2v) is 17.2. The standard InChI is InChI=1S/C48H94N2O7/c1-8-15-25-33-47(44(51)52,34-26-16-9-2)37-29-21-19-23-31-43(57-46(55)56-42-41-50(14-7)40-39-49(12-5)13-6)32-24-20-22-30-38-48(45(53)54,35-27-17-10-3)36-28-18-11-4/h43H,8-42H2,1-7H3,(H,51,52)(H,53,54). The summed E-state index contributed by atoms with van der Waals surface area (Å²) in [7, 11) is 0. The van der Waals surface area contributed by atoms with Gasteiger partial charge in [-0.05, 0) is 83.8 Å². The third-order valence-electron chi connectivity index (χ3n) is 12.8. The highest BCUT2D eigenvalue weighted by Crippen LogP contribution is 2.39. The van der Waals surface area contributed by atoms with Crippen molar-refractivity contribution in [1.82, 2.24) is 9.80 Å². The predicted octanol–water partition coefficient (Wildman–Crippen LogP) is 13.3. The number of unbranched alkanes of at least 4 members (excludes halogenated alkanes) is 14. The lowest BCUT2D eigenvalue weighted by atomic mass is 9.74. The Kier molecular flexibility index (Phi) is 34.8. The molecular weight excluding hydrogens is 717 g/mol. The van der Waals surface area contributed by atoms with Crippen LogP contribution >= 0.6 is 0 Å². The van der Waals surface area contributed by atoms with Crippen molar-refractivity contribution >= 4 is 18.1 Å². The maximum atomic E-state index is 13.0. The number of likely N-dealkylation sites (N-methyl/N-ethyl adjacent to an activating group) is 2. The van der Waals surface area contributed by atoms with Gasteiger partial charge in [0.05, 0.1) is 10.8 Å². The maximum absolute atomic E-state index is 13.0. The number of carboxylic acids is 2. The normalized spacial score (nSPS) is 12.2. The van der Waals surface area contributed by atoms with E-state index in [9.17, 15) is 24.6 Å². The summed E-state index contributed by atoms with van der Waals surface area (Å²) in [6, 6.07) is 0. The van der Waals surface area contributed by atoms with Crippen LogP contribution in [0.15, 0.2) is 0 Å². The first-order valence-electron chi connectivity index (χ1n) is 24.3. The van der Waals surface area contributed by atoms with Gasteiger partial charge in [0.15, 0.2) is 0 Å². The monoisotopic (exact) mass is 811 g/mol. The molecule has 0 aliphatic carbocycles. The average molecular weight is 811 g/mol. The number of hydrogen-bond donors (Lipinski definition) is 2. The Hall–Kier alpha value is -1.87. The summed E-state index contributed by atoms with van der Waals surface area (Å²) in [5.74, 6) is -1.23. The minimum Gasteiger partial charge on any atom is -0.481 e. The molecule has 9 nitrogen and oxygen atoms in total. The predicted molar refractivity (Wildman–Crippen MR) is 238 cm³/mol. The van der Waals surface area contributed by atoms with Crippen molar-refractivity contribution < 1.29 is 34.1 Å². The largest absolute Gasteiger partial charge is 0.508 e. The number of carboxylic acid groups (broad SMARTS) is 2. The Labute approximate surface area is 352 Å². The van der Waals surface area contributed by atoms with E-state index in [4.69, 9.17) is 9.47 Å². The van der Waals surface area contributed by atoms with Crippen LogP contribution in [-0.4, -0.2) is 90.1 Å². The number of ether oxygens (including phenoxy) is 2. The van der Waals surface area contributed by atoms with Gasteiger partial charge in [-0.3, -0.25) is 14.5 Å². The van der Waals surface area contributed by atoms with Gasteiger partial charge in [-0.25, -0.2) is 4.79 Å². The first-order chi connectivity index (χ1) is 27.5. The summed E-state index contributed by atoms with van der Waals surface area (Å²) >= 11 is 0. The third kappa shape index (κ3) is 26.1. The summed E-state index contributed by atoms with van der Waals surface area (Å²) in [6.45, 7) is 21.1. The van der Waals surface area contributed by atoms with Gasteiger partial charge >= 0.3 is 18.1 Å². The Balaban J connectivity index is 5.31. The molecule has 0 rings (SSSR count). The molecule has 2 N–H and O–H groups in total.